The van der Waals surface area contributed by atoms with Crippen LogP contribution in [-0.2, 0) is 6.54 Å². The van der Waals surface area contributed by atoms with Crippen molar-refractivity contribution in [3.05, 3.63) is 35.7 Å². The van der Waals surface area contributed by atoms with E-state index in [1.807, 2.05) is 0 Å². The first-order valence-corrected chi connectivity index (χ1v) is 5.76. The van der Waals surface area contributed by atoms with Gasteiger partial charge in [0.05, 0.1) is 6.54 Å². The van der Waals surface area contributed by atoms with Crippen LogP contribution in [0.3, 0.4) is 0 Å². The van der Waals surface area contributed by atoms with E-state index in [2.05, 4.69) is 29.9 Å². The second-order valence-corrected chi connectivity index (χ2v) is 4.05. The number of benzene rings is 1. The van der Waals surface area contributed by atoms with E-state index in [1.165, 1.54) is 12.5 Å². The summed E-state index contributed by atoms with van der Waals surface area (Å²) in [6, 6.07) is 5.02. The van der Waals surface area contributed by atoms with Crippen LogP contribution in [0.5, 0.6) is 5.75 Å². The lowest BCUT2D eigenvalue weighted by Crippen LogP contribution is -2.04. The van der Waals surface area contributed by atoms with Crippen molar-refractivity contribution in [3.8, 4) is 5.75 Å². The van der Waals surface area contributed by atoms with Gasteiger partial charge in [-0.05, 0) is 23.7 Å². The number of para-hydroxylation sites is 1. The van der Waals surface area contributed by atoms with Crippen molar-refractivity contribution in [2.75, 3.05) is 5.32 Å². The normalized spacial score (nSPS) is 10.8. The number of hydrogen-bond donors (Lipinski definition) is 2. The summed E-state index contributed by atoms with van der Waals surface area (Å²) in [5.41, 5.74) is 0.387. The average molecular weight is 278 g/mol. The Morgan fingerprint density at radius 3 is 3.00 bits per heavy atom. The van der Waals surface area contributed by atoms with E-state index in [0.717, 1.165) is 0 Å². The molecule has 1 aromatic carbocycles. The van der Waals surface area contributed by atoms with Gasteiger partial charge in [-0.1, -0.05) is 11.2 Å². The third-order valence-corrected chi connectivity index (χ3v) is 2.67. The summed E-state index contributed by atoms with van der Waals surface area (Å²) in [6.07, 6.45) is 1.24. The SMILES string of the molecule is Oc1cccc2c(NCc3ncon3)nc(Cl)nc12. The Hall–Kier alpha value is -2.41. The van der Waals surface area contributed by atoms with Crippen LogP contribution in [-0.4, -0.2) is 25.2 Å². The molecule has 19 heavy (non-hydrogen) atoms. The summed E-state index contributed by atoms with van der Waals surface area (Å²) < 4.78 is 4.63. The summed E-state index contributed by atoms with van der Waals surface area (Å²) in [5, 5.41) is 17.2. The first-order valence-electron chi connectivity index (χ1n) is 5.38. The van der Waals surface area contributed by atoms with E-state index >= 15 is 0 Å². The molecule has 0 saturated heterocycles. The van der Waals surface area contributed by atoms with E-state index in [4.69, 9.17) is 11.6 Å². The fraction of sp³-hybridized carbons (Fsp3) is 0.0909. The molecular weight excluding hydrogens is 270 g/mol. The van der Waals surface area contributed by atoms with Crippen LogP contribution in [0.25, 0.3) is 10.9 Å². The van der Waals surface area contributed by atoms with Crippen molar-refractivity contribution >= 4 is 28.3 Å². The van der Waals surface area contributed by atoms with Crippen molar-refractivity contribution in [1.82, 2.24) is 20.1 Å². The molecule has 0 radical (unpaired) electrons. The highest BCUT2D eigenvalue weighted by atomic mass is 35.5. The van der Waals surface area contributed by atoms with Crippen molar-refractivity contribution in [1.29, 1.82) is 0 Å². The zero-order chi connectivity index (χ0) is 13.2. The minimum atomic E-state index is 0.0458. The summed E-state index contributed by atoms with van der Waals surface area (Å²) in [5.74, 6) is 1.03. The Bertz CT molecular complexity index is 716. The Morgan fingerprint density at radius 1 is 1.32 bits per heavy atom. The Morgan fingerprint density at radius 2 is 2.21 bits per heavy atom. The van der Waals surface area contributed by atoms with E-state index < -0.39 is 0 Å². The molecule has 0 bridgehead atoms. The van der Waals surface area contributed by atoms with E-state index in [9.17, 15) is 5.11 Å². The minimum Gasteiger partial charge on any atom is -0.506 e. The zero-order valence-corrected chi connectivity index (χ0v) is 10.3. The van der Waals surface area contributed by atoms with Gasteiger partial charge in [0.1, 0.15) is 17.1 Å². The first-order chi connectivity index (χ1) is 9.24. The van der Waals surface area contributed by atoms with E-state index in [1.54, 1.807) is 12.1 Å². The maximum Gasteiger partial charge on any atom is 0.225 e. The van der Waals surface area contributed by atoms with Gasteiger partial charge in [0.15, 0.2) is 5.82 Å². The molecule has 3 aromatic rings. The van der Waals surface area contributed by atoms with Crippen LogP contribution < -0.4 is 5.32 Å². The van der Waals surface area contributed by atoms with Crippen molar-refractivity contribution in [3.63, 3.8) is 0 Å². The van der Waals surface area contributed by atoms with Crippen LogP contribution in [0.2, 0.25) is 5.28 Å². The number of phenols is 1. The monoisotopic (exact) mass is 277 g/mol. The van der Waals surface area contributed by atoms with Gasteiger partial charge < -0.3 is 14.9 Å². The van der Waals surface area contributed by atoms with E-state index in [0.29, 0.717) is 29.1 Å². The molecule has 0 fully saturated rings. The second kappa shape index (κ2) is 4.69. The molecule has 0 saturated carbocycles. The van der Waals surface area contributed by atoms with Gasteiger partial charge in [0.2, 0.25) is 11.7 Å². The molecule has 96 valence electrons. The van der Waals surface area contributed by atoms with Crippen LogP contribution >= 0.6 is 11.6 Å². The molecule has 0 unspecified atom stereocenters. The van der Waals surface area contributed by atoms with Crippen molar-refractivity contribution < 1.29 is 9.63 Å². The molecule has 0 aliphatic heterocycles. The smallest absolute Gasteiger partial charge is 0.225 e. The molecule has 2 heterocycles. The summed E-state index contributed by atoms with van der Waals surface area (Å²) in [4.78, 5) is 12.0. The molecule has 0 amide bonds. The van der Waals surface area contributed by atoms with Gasteiger partial charge in [0.25, 0.3) is 0 Å². The molecule has 0 spiro atoms. The number of halogens is 1. The maximum atomic E-state index is 9.76. The van der Waals surface area contributed by atoms with Crippen LogP contribution in [0.1, 0.15) is 5.82 Å². The zero-order valence-electron chi connectivity index (χ0n) is 9.54. The highest BCUT2D eigenvalue weighted by molar-refractivity contribution is 6.28. The van der Waals surface area contributed by atoms with Crippen molar-refractivity contribution in [2.45, 2.75) is 6.54 Å². The second-order valence-electron chi connectivity index (χ2n) is 3.72. The molecule has 3 rings (SSSR count). The molecule has 8 heteroatoms. The quantitative estimate of drug-likeness (QED) is 0.707. The highest BCUT2D eigenvalue weighted by Gasteiger charge is 2.10. The van der Waals surface area contributed by atoms with Crippen LogP contribution in [0, 0.1) is 0 Å². The number of hydrogen-bond acceptors (Lipinski definition) is 7. The summed E-state index contributed by atoms with van der Waals surface area (Å²) >= 11 is 5.83. The molecule has 2 N–H and O–H groups in total. The predicted octanol–water partition coefficient (Wildman–Crippen LogP) is 1.98. The fourth-order valence-electron chi connectivity index (χ4n) is 1.68. The molecule has 7 nitrogen and oxygen atoms in total. The number of rotatable bonds is 3. The number of anilines is 1. The van der Waals surface area contributed by atoms with Gasteiger partial charge in [-0.15, -0.1) is 0 Å². The number of aromatic hydroxyl groups is 1. The largest absolute Gasteiger partial charge is 0.506 e. The van der Waals surface area contributed by atoms with Crippen LogP contribution in [0.15, 0.2) is 29.1 Å². The average Bonchev–Trinajstić information content (AvgIpc) is 2.90. The van der Waals surface area contributed by atoms with Gasteiger partial charge in [-0.3, -0.25) is 0 Å². The van der Waals surface area contributed by atoms with Gasteiger partial charge >= 0.3 is 0 Å². The number of nitrogens with zero attached hydrogens (tertiary/aromatic N) is 4. The predicted molar refractivity (Wildman–Crippen MR) is 67.8 cm³/mol. The van der Waals surface area contributed by atoms with E-state index in [-0.39, 0.29) is 11.0 Å². The number of aromatic nitrogens is 4. The van der Waals surface area contributed by atoms with Gasteiger partial charge in [0, 0.05) is 5.39 Å². The molecule has 2 aromatic heterocycles. The highest BCUT2D eigenvalue weighted by Crippen LogP contribution is 2.28. The molecule has 0 aliphatic rings. The first kappa shape index (κ1) is 11.7. The molecule has 0 aliphatic carbocycles. The molecule has 0 atom stereocenters. The standard InChI is InChI=1S/C11H8ClN5O2/c12-11-15-9-6(2-1-3-7(9)18)10(16-11)13-4-8-14-5-19-17-8/h1-3,5,18H,4H2,(H,13,15,16). The Labute approximate surface area is 112 Å². The maximum absolute atomic E-state index is 9.76. The number of fused-ring (bicyclic) bond motifs is 1. The fourth-order valence-corrected chi connectivity index (χ4v) is 1.85. The lowest BCUT2D eigenvalue weighted by atomic mass is 10.2. The minimum absolute atomic E-state index is 0.0458. The molecular formula is C11H8ClN5O2. The third kappa shape index (κ3) is 2.27. The lowest BCUT2D eigenvalue weighted by molar-refractivity contribution is 0.411. The lowest BCUT2D eigenvalue weighted by Gasteiger charge is -2.08. The number of phenolic OH excluding ortho intramolecular Hbond substituents is 1. The Balaban J connectivity index is 2.00. The summed E-state index contributed by atoms with van der Waals surface area (Å²) in [7, 11) is 0. The van der Waals surface area contributed by atoms with Crippen molar-refractivity contribution in [2.24, 2.45) is 0 Å². The Kier molecular flexibility index (Phi) is 2.88. The number of nitrogens with one attached hydrogen (secondary N) is 1. The topological polar surface area (TPSA) is 97.0 Å². The van der Waals surface area contributed by atoms with Crippen LogP contribution in [0.4, 0.5) is 5.82 Å². The van der Waals surface area contributed by atoms with Gasteiger partial charge in [-0.2, -0.15) is 4.98 Å². The third-order valence-electron chi connectivity index (χ3n) is 2.50. The van der Waals surface area contributed by atoms with Gasteiger partial charge in [-0.25, -0.2) is 9.97 Å². The summed E-state index contributed by atoms with van der Waals surface area (Å²) in [6.45, 7) is 0.328.